The molecule has 2 rings (SSSR count). The van der Waals surface area contributed by atoms with Gasteiger partial charge in [0, 0.05) is 6.54 Å². The van der Waals surface area contributed by atoms with Gasteiger partial charge < -0.3 is 10.5 Å². The number of hydrogen-bond donors (Lipinski definition) is 2. The van der Waals surface area contributed by atoms with Gasteiger partial charge in [0.1, 0.15) is 12.4 Å². The number of nitroso groups, excluding NO2 is 1. The Labute approximate surface area is 118 Å². The molecule has 0 spiro atoms. The van der Waals surface area contributed by atoms with Crippen LogP contribution in [0.15, 0.2) is 35.6 Å². The van der Waals surface area contributed by atoms with E-state index in [4.69, 9.17) is 10.5 Å². The third-order valence-electron chi connectivity index (χ3n) is 2.31. The van der Waals surface area contributed by atoms with Crippen LogP contribution < -0.4 is 15.8 Å². The summed E-state index contributed by atoms with van der Waals surface area (Å²) in [5.74, 6) is 0.0742. The minimum absolute atomic E-state index is 0.202. The van der Waals surface area contributed by atoms with Gasteiger partial charge in [0.25, 0.3) is 5.91 Å². The van der Waals surface area contributed by atoms with E-state index < -0.39 is 0 Å². The van der Waals surface area contributed by atoms with Crippen molar-refractivity contribution in [3.63, 3.8) is 0 Å². The van der Waals surface area contributed by atoms with E-state index in [1.807, 2.05) is 0 Å². The summed E-state index contributed by atoms with van der Waals surface area (Å²) in [5.41, 5.74) is 5.74. The second-order valence-corrected chi connectivity index (χ2v) is 4.69. The van der Waals surface area contributed by atoms with Crippen LogP contribution in [0.25, 0.3) is 0 Å². The van der Waals surface area contributed by atoms with Gasteiger partial charge >= 0.3 is 0 Å². The zero-order valence-electron chi connectivity index (χ0n) is 10.4. The molecular weight excluding hydrogens is 280 g/mol. The molecule has 104 valence electrons. The zero-order valence-corrected chi connectivity index (χ0v) is 11.2. The lowest BCUT2D eigenvalue weighted by Gasteiger charge is -2.09. The maximum absolute atomic E-state index is 12.1. The molecule has 20 heavy (non-hydrogen) atoms. The fourth-order valence-corrected chi connectivity index (χ4v) is 2.07. The van der Waals surface area contributed by atoms with Crippen molar-refractivity contribution in [3.05, 3.63) is 40.9 Å². The summed E-state index contributed by atoms with van der Waals surface area (Å²) in [6.45, 7) is 0.678. The number of nitrogens with zero attached hydrogens (tertiary/aromatic N) is 2. The van der Waals surface area contributed by atoms with Gasteiger partial charge in [0.2, 0.25) is 0 Å². The normalized spacial score (nSPS) is 10.1. The van der Waals surface area contributed by atoms with Gasteiger partial charge in [-0.1, -0.05) is 23.5 Å². The molecule has 0 saturated carbocycles. The molecule has 0 radical (unpaired) electrons. The van der Waals surface area contributed by atoms with Crippen LogP contribution in [-0.4, -0.2) is 24.0 Å². The van der Waals surface area contributed by atoms with Crippen molar-refractivity contribution in [3.8, 4) is 5.75 Å². The minimum atomic E-state index is -0.371. The number of nitrogens with one attached hydrogen (secondary N) is 1. The van der Waals surface area contributed by atoms with Gasteiger partial charge in [0.05, 0.1) is 11.8 Å². The number of carbonyl (C=O) groups excluding carboxylic acids is 1. The van der Waals surface area contributed by atoms with Crippen molar-refractivity contribution in [2.75, 3.05) is 18.5 Å². The number of hydrogen-bond acceptors (Lipinski definition) is 7. The van der Waals surface area contributed by atoms with Gasteiger partial charge in [-0.2, -0.15) is 0 Å². The van der Waals surface area contributed by atoms with Crippen LogP contribution in [0.5, 0.6) is 5.75 Å². The second kappa shape index (κ2) is 6.73. The molecule has 0 saturated heterocycles. The number of rotatable bonds is 6. The van der Waals surface area contributed by atoms with E-state index >= 15 is 0 Å². The van der Waals surface area contributed by atoms with Crippen molar-refractivity contribution in [2.24, 2.45) is 10.9 Å². The molecule has 8 heteroatoms. The van der Waals surface area contributed by atoms with Crippen LogP contribution in [0.1, 0.15) is 10.4 Å². The first-order valence-corrected chi connectivity index (χ1v) is 6.58. The number of carbonyl (C=O) groups is 1. The summed E-state index contributed by atoms with van der Waals surface area (Å²) in [7, 11) is 0. The SMILES string of the molecule is NCCOc1ccccc1C(=O)Nc1ncc(N=O)s1. The second-order valence-electron chi connectivity index (χ2n) is 3.68. The van der Waals surface area contributed by atoms with Crippen LogP contribution in [-0.2, 0) is 0 Å². The molecule has 1 amide bonds. The average molecular weight is 292 g/mol. The zero-order chi connectivity index (χ0) is 14.4. The van der Waals surface area contributed by atoms with E-state index in [1.165, 1.54) is 6.20 Å². The molecule has 1 aromatic carbocycles. The van der Waals surface area contributed by atoms with E-state index in [9.17, 15) is 9.70 Å². The van der Waals surface area contributed by atoms with Gasteiger partial charge in [-0.05, 0) is 17.3 Å². The summed E-state index contributed by atoms with van der Waals surface area (Å²) in [4.78, 5) is 26.3. The van der Waals surface area contributed by atoms with Crippen LogP contribution in [0, 0.1) is 4.91 Å². The van der Waals surface area contributed by atoms with E-state index in [2.05, 4.69) is 15.5 Å². The lowest BCUT2D eigenvalue weighted by molar-refractivity contribution is 0.102. The topological polar surface area (TPSA) is 107 Å². The number of benzene rings is 1. The molecule has 1 aromatic heterocycles. The van der Waals surface area contributed by atoms with Gasteiger partial charge in [0.15, 0.2) is 10.1 Å². The molecule has 0 aliphatic rings. The fraction of sp³-hybridized carbons (Fsp3) is 0.167. The molecule has 0 atom stereocenters. The predicted molar refractivity (Wildman–Crippen MR) is 76.5 cm³/mol. The highest BCUT2D eigenvalue weighted by Crippen LogP contribution is 2.26. The predicted octanol–water partition coefficient (Wildman–Crippen LogP) is 2.13. The summed E-state index contributed by atoms with van der Waals surface area (Å²) in [5, 5.41) is 5.84. The monoisotopic (exact) mass is 292 g/mol. The Morgan fingerprint density at radius 1 is 1.45 bits per heavy atom. The molecule has 0 aliphatic heterocycles. The Bertz CT molecular complexity index is 614. The number of aromatic nitrogens is 1. The van der Waals surface area contributed by atoms with E-state index in [-0.39, 0.29) is 10.9 Å². The smallest absolute Gasteiger partial charge is 0.261 e. The molecular formula is C12H12N4O3S. The Morgan fingerprint density at radius 2 is 2.25 bits per heavy atom. The molecule has 0 fully saturated rings. The average Bonchev–Trinajstić information content (AvgIpc) is 2.93. The van der Waals surface area contributed by atoms with Crippen LogP contribution >= 0.6 is 11.3 Å². The third kappa shape index (κ3) is 3.37. The first kappa shape index (κ1) is 14.1. The molecule has 0 unspecified atom stereocenters. The Kier molecular flexibility index (Phi) is 4.75. The highest BCUT2D eigenvalue weighted by molar-refractivity contribution is 7.19. The molecule has 0 aliphatic carbocycles. The van der Waals surface area contributed by atoms with E-state index in [0.717, 1.165) is 11.3 Å². The third-order valence-corrected chi connectivity index (χ3v) is 3.10. The van der Waals surface area contributed by atoms with Crippen LogP contribution in [0.3, 0.4) is 0 Å². The van der Waals surface area contributed by atoms with Crippen molar-refractivity contribution in [1.82, 2.24) is 4.98 Å². The highest BCUT2D eigenvalue weighted by atomic mass is 32.1. The molecule has 3 N–H and O–H groups in total. The number of anilines is 1. The summed E-state index contributed by atoms with van der Waals surface area (Å²) >= 11 is 0.997. The summed E-state index contributed by atoms with van der Waals surface area (Å²) < 4.78 is 5.40. The molecule has 0 bridgehead atoms. The first-order valence-electron chi connectivity index (χ1n) is 5.77. The van der Waals surface area contributed by atoms with Gasteiger partial charge in [-0.25, -0.2) is 4.98 Å². The van der Waals surface area contributed by atoms with E-state index in [0.29, 0.717) is 29.6 Å². The van der Waals surface area contributed by atoms with Crippen molar-refractivity contribution in [2.45, 2.75) is 0 Å². The first-order chi connectivity index (χ1) is 9.74. The molecule has 7 nitrogen and oxygen atoms in total. The quantitative estimate of drug-likeness (QED) is 0.793. The number of para-hydroxylation sites is 1. The van der Waals surface area contributed by atoms with Crippen LogP contribution in [0.2, 0.25) is 0 Å². The van der Waals surface area contributed by atoms with E-state index in [1.54, 1.807) is 24.3 Å². The number of nitrogens with two attached hydrogens (primary N) is 1. The van der Waals surface area contributed by atoms with Gasteiger partial charge in [-0.3, -0.25) is 10.1 Å². The lowest BCUT2D eigenvalue weighted by atomic mass is 10.2. The van der Waals surface area contributed by atoms with Crippen LogP contribution in [0.4, 0.5) is 10.1 Å². The fourth-order valence-electron chi connectivity index (χ4n) is 1.48. The van der Waals surface area contributed by atoms with Crippen molar-refractivity contribution >= 4 is 27.4 Å². The number of thiazole rings is 1. The molecule has 2 aromatic rings. The standard InChI is InChI=1S/C12H12N4O3S/c13-5-6-19-9-4-2-1-3-8(9)11(17)15-12-14-7-10(16-18)20-12/h1-4,7H,5-6,13H2,(H,14,15,17). The Hall–Kier alpha value is -2.32. The maximum Gasteiger partial charge on any atom is 0.261 e. The van der Waals surface area contributed by atoms with Crippen molar-refractivity contribution in [1.29, 1.82) is 0 Å². The number of amides is 1. The molecule has 1 heterocycles. The lowest BCUT2D eigenvalue weighted by Crippen LogP contribution is -2.16. The maximum atomic E-state index is 12.1. The Morgan fingerprint density at radius 3 is 2.95 bits per heavy atom. The summed E-state index contributed by atoms with van der Waals surface area (Å²) in [6.07, 6.45) is 1.30. The highest BCUT2D eigenvalue weighted by Gasteiger charge is 2.14. The Balaban J connectivity index is 2.14. The largest absolute Gasteiger partial charge is 0.491 e. The number of ether oxygens (including phenoxy) is 1. The van der Waals surface area contributed by atoms with Gasteiger partial charge in [-0.15, -0.1) is 4.91 Å². The minimum Gasteiger partial charge on any atom is -0.491 e. The van der Waals surface area contributed by atoms with Crippen molar-refractivity contribution < 1.29 is 9.53 Å². The summed E-state index contributed by atoms with van der Waals surface area (Å²) in [6, 6.07) is 6.81.